The predicted octanol–water partition coefficient (Wildman–Crippen LogP) is -0.542. The van der Waals surface area contributed by atoms with E-state index in [2.05, 4.69) is 0 Å². The van der Waals surface area contributed by atoms with E-state index >= 15 is 0 Å². The van der Waals surface area contributed by atoms with Gasteiger partial charge in [0.15, 0.2) is 0 Å². The van der Waals surface area contributed by atoms with Gasteiger partial charge in [0.05, 0.1) is 0 Å². The fourth-order valence-corrected chi connectivity index (χ4v) is 2.53. The Bertz CT molecular complexity index is 299. The lowest BCUT2D eigenvalue weighted by molar-refractivity contribution is -0.117. The minimum absolute atomic E-state index is 0.0183. The van der Waals surface area contributed by atoms with Gasteiger partial charge in [-0.15, -0.1) is 0 Å². The van der Waals surface area contributed by atoms with Crippen molar-refractivity contribution in [2.75, 3.05) is 26.7 Å². The first kappa shape index (κ1) is 10.6. The molecule has 0 saturated carbocycles. The molecule has 1 fully saturated rings. The average molecular weight is 206 g/mol. The lowest BCUT2D eigenvalue weighted by atomic mass is 10.3. The summed E-state index contributed by atoms with van der Waals surface area (Å²) in [6.45, 7) is 2.78. The fourth-order valence-electron chi connectivity index (χ4n) is 1.19. The second-order valence-electron chi connectivity index (χ2n) is 3.18. The first-order valence-electron chi connectivity index (χ1n) is 4.15. The number of carbonyl (C=O) groups is 1. The molecule has 0 spiro atoms. The van der Waals surface area contributed by atoms with Crippen LogP contribution in [0.25, 0.3) is 0 Å². The van der Waals surface area contributed by atoms with Gasteiger partial charge in [-0.3, -0.25) is 4.79 Å². The maximum absolute atomic E-state index is 11.4. The van der Waals surface area contributed by atoms with E-state index in [1.807, 2.05) is 0 Å². The summed E-state index contributed by atoms with van der Waals surface area (Å²) in [5, 5.41) is 0. The molecule has 5 nitrogen and oxygen atoms in total. The van der Waals surface area contributed by atoms with Crippen LogP contribution in [0.2, 0.25) is 0 Å². The third kappa shape index (κ3) is 2.26. The molecular weight excluding hydrogens is 192 g/mol. The second-order valence-corrected chi connectivity index (χ2v) is 5.22. The quantitative estimate of drug-likeness (QED) is 0.623. The summed E-state index contributed by atoms with van der Waals surface area (Å²) in [7, 11) is -1.70. The van der Waals surface area contributed by atoms with Crippen molar-refractivity contribution >= 4 is 16.0 Å². The first-order valence-corrected chi connectivity index (χ1v) is 5.55. The normalized spacial score (nSPS) is 23.5. The number of hydrogen-bond donors (Lipinski definition) is 0. The third-order valence-corrected chi connectivity index (χ3v) is 4.09. The lowest BCUT2D eigenvalue weighted by Gasteiger charge is -2.14. The maximum atomic E-state index is 11.4. The zero-order valence-electron chi connectivity index (χ0n) is 7.86. The monoisotopic (exact) mass is 206 g/mol. The summed E-state index contributed by atoms with van der Waals surface area (Å²) < 4.78 is 25.5. The molecule has 1 saturated heterocycles. The number of nitrogens with zero attached hydrogens (tertiary/aromatic N) is 2. The number of hydrogen-bond acceptors (Lipinski definition) is 3. The number of carbonyl (C=O) groups excluding carboxylic acids is 1. The van der Waals surface area contributed by atoms with Gasteiger partial charge in [0.2, 0.25) is 0 Å². The minimum atomic E-state index is -3.25. The molecule has 0 N–H and O–H groups in total. The zero-order valence-corrected chi connectivity index (χ0v) is 8.67. The molecule has 0 bridgehead atoms. The molecular formula is C7H14N2O3S. The van der Waals surface area contributed by atoms with Crippen LogP contribution in [-0.2, 0) is 15.0 Å². The molecule has 6 heteroatoms. The molecule has 0 aromatic carbocycles. The van der Waals surface area contributed by atoms with Crippen molar-refractivity contribution in [1.29, 1.82) is 0 Å². The largest absolute Gasteiger partial charge is 0.300 e. The highest BCUT2D eigenvalue weighted by Gasteiger charge is 2.33. The Morgan fingerprint density at radius 2 is 2.00 bits per heavy atom. The molecule has 1 rings (SSSR count). The SMILES string of the molecule is CC(=O)CCN1CCN(C)S1(=O)=O. The van der Waals surface area contributed by atoms with Gasteiger partial charge < -0.3 is 0 Å². The molecule has 0 radical (unpaired) electrons. The van der Waals surface area contributed by atoms with Gasteiger partial charge in [-0.05, 0) is 6.92 Å². The first-order chi connectivity index (χ1) is 5.94. The van der Waals surface area contributed by atoms with Crippen LogP contribution in [0.5, 0.6) is 0 Å². The zero-order chi connectivity index (χ0) is 10.1. The van der Waals surface area contributed by atoms with Crippen LogP contribution in [-0.4, -0.2) is 49.5 Å². The molecule has 0 aliphatic carbocycles. The lowest BCUT2D eigenvalue weighted by Crippen LogP contribution is -2.32. The van der Waals surface area contributed by atoms with E-state index in [9.17, 15) is 13.2 Å². The predicted molar refractivity (Wildman–Crippen MR) is 48.4 cm³/mol. The minimum Gasteiger partial charge on any atom is -0.300 e. The molecule has 0 amide bonds. The molecule has 1 heterocycles. The van der Waals surface area contributed by atoms with Crippen LogP contribution in [0.3, 0.4) is 0 Å². The van der Waals surface area contributed by atoms with E-state index in [-0.39, 0.29) is 5.78 Å². The fraction of sp³-hybridized carbons (Fsp3) is 0.857. The highest BCUT2D eigenvalue weighted by Crippen LogP contribution is 2.13. The van der Waals surface area contributed by atoms with Crippen molar-refractivity contribution in [2.24, 2.45) is 0 Å². The molecule has 0 unspecified atom stereocenters. The Balaban J connectivity index is 2.58. The number of rotatable bonds is 3. The van der Waals surface area contributed by atoms with Crippen molar-refractivity contribution in [3.05, 3.63) is 0 Å². The van der Waals surface area contributed by atoms with Gasteiger partial charge in [0.25, 0.3) is 10.2 Å². The van der Waals surface area contributed by atoms with Gasteiger partial charge in [-0.1, -0.05) is 0 Å². The summed E-state index contributed by atoms with van der Waals surface area (Å²) >= 11 is 0. The van der Waals surface area contributed by atoms with Gasteiger partial charge in [0.1, 0.15) is 5.78 Å². The van der Waals surface area contributed by atoms with Gasteiger partial charge in [0, 0.05) is 33.1 Å². The van der Waals surface area contributed by atoms with Gasteiger partial charge >= 0.3 is 0 Å². The summed E-state index contributed by atoms with van der Waals surface area (Å²) in [5.74, 6) is 0.0183. The van der Waals surface area contributed by atoms with Crippen molar-refractivity contribution < 1.29 is 13.2 Å². The van der Waals surface area contributed by atoms with E-state index < -0.39 is 10.2 Å². The van der Waals surface area contributed by atoms with Gasteiger partial charge in [-0.25, -0.2) is 0 Å². The van der Waals surface area contributed by atoms with E-state index in [1.54, 1.807) is 7.05 Å². The summed E-state index contributed by atoms with van der Waals surface area (Å²) in [5.41, 5.74) is 0. The second kappa shape index (κ2) is 3.73. The average Bonchev–Trinajstić information content (AvgIpc) is 2.25. The van der Waals surface area contributed by atoms with Gasteiger partial charge in [-0.2, -0.15) is 17.0 Å². The summed E-state index contributed by atoms with van der Waals surface area (Å²) in [6.07, 6.45) is 0.299. The Labute approximate surface area is 78.5 Å². The van der Waals surface area contributed by atoms with Crippen LogP contribution in [0.1, 0.15) is 13.3 Å². The molecule has 76 valence electrons. The molecule has 0 aromatic rings. The molecule has 1 aliphatic rings. The molecule has 0 atom stereocenters. The molecule has 13 heavy (non-hydrogen) atoms. The van der Waals surface area contributed by atoms with Crippen molar-refractivity contribution in [3.63, 3.8) is 0 Å². The smallest absolute Gasteiger partial charge is 0.281 e. The standard InChI is InChI=1S/C7H14N2O3S/c1-7(10)3-4-9-6-5-8(2)13(9,11)12/h3-6H2,1-2H3. The van der Waals surface area contributed by atoms with Crippen molar-refractivity contribution in [1.82, 2.24) is 8.61 Å². The number of ketones is 1. The van der Waals surface area contributed by atoms with E-state index in [0.717, 1.165) is 0 Å². The highest BCUT2D eigenvalue weighted by molar-refractivity contribution is 7.87. The van der Waals surface area contributed by atoms with Crippen LogP contribution < -0.4 is 0 Å². The maximum Gasteiger partial charge on any atom is 0.281 e. The van der Waals surface area contributed by atoms with E-state index in [1.165, 1.54) is 15.5 Å². The topological polar surface area (TPSA) is 57.7 Å². The Morgan fingerprint density at radius 1 is 1.38 bits per heavy atom. The van der Waals surface area contributed by atoms with Crippen LogP contribution in [0.4, 0.5) is 0 Å². The molecule has 1 aliphatic heterocycles. The number of Topliss-reactive ketones (excluding diaryl/α,β-unsaturated/α-hetero) is 1. The molecule has 0 aromatic heterocycles. The van der Waals surface area contributed by atoms with Crippen LogP contribution in [0.15, 0.2) is 0 Å². The Morgan fingerprint density at radius 3 is 2.38 bits per heavy atom. The van der Waals surface area contributed by atoms with Crippen LogP contribution >= 0.6 is 0 Å². The Hall–Kier alpha value is -0.460. The van der Waals surface area contributed by atoms with Crippen molar-refractivity contribution in [2.45, 2.75) is 13.3 Å². The summed E-state index contributed by atoms with van der Waals surface area (Å²) in [4.78, 5) is 10.7. The highest BCUT2D eigenvalue weighted by atomic mass is 32.2. The van der Waals surface area contributed by atoms with E-state index in [0.29, 0.717) is 26.1 Å². The Kier molecular flexibility index (Phi) is 3.05. The van der Waals surface area contributed by atoms with Crippen molar-refractivity contribution in [3.8, 4) is 0 Å². The third-order valence-electron chi connectivity index (χ3n) is 2.10. The van der Waals surface area contributed by atoms with E-state index in [4.69, 9.17) is 0 Å². The van der Waals surface area contributed by atoms with Crippen LogP contribution in [0, 0.1) is 0 Å². The summed E-state index contributed by atoms with van der Waals surface area (Å²) in [6, 6.07) is 0. The number of likely N-dealkylation sites (N-methyl/N-ethyl adjacent to an activating group) is 1.